The molecular formula is C25H43F2N. The molecule has 0 radical (unpaired) electrons. The van der Waals surface area contributed by atoms with Crippen LogP contribution in [0.5, 0.6) is 0 Å². The maximum Gasteiger partial charge on any atom is 0.134 e. The van der Waals surface area contributed by atoms with Gasteiger partial charge >= 0.3 is 0 Å². The van der Waals surface area contributed by atoms with E-state index in [9.17, 15) is 0 Å². The summed E-state index contributed by atoms with van der Waals surface area (Å²) in [4.78, 5) is 0. The standard InChI is InChI=1S/C25H43F2N/c1-16-2-4-19(5-3-16)22-14-15-23(25(27)24(22)26)20-8-6-17(7-9-20)18-10-12-21(28)13-11-18/h16-25H,2-15,28H2,1H3. The van der Waals surface area contributed by atoms with Crippen LogP contribution >= 0.6 is 0 Å². The van der Waals surface area contributed by atoms with Crippen LogP contribution in [-0.4, -0.2) is 18.4 Å². The van der Waals surface area contributed by atoms with E-state index in [2.05, 4.69) is 6.92 Å². The molecule has 4 rings (SSSR count). The van der Waals surface area contributed by atoms with Crippen LogP contribution in [0.3, 0.4) is 0 Å². The van der Waals surface area contributed by atoms with E-state index in [1.54, 1.807) is 0 Å². The van der Waals surface area contributed by atoms with Crippen molar-refractivity contribution >= 4 is 0 Å². The van der Waals surface area contributed by atoms with Gasteiger partial charge in [0, 0.05) is 6.04 Å². The Kier molecular flexibility index (Phi) is 7.01. The van der Waals surface area contributed by atoms with Crippen LogP contribution in [-0.2, 0) is 0 Å². The average molecular weight is 396 g/mol. The number of nitrogens with two attached hydrogens (primary N) is 1. The van der Waals surface area contributed by atoms with E-state index in [-0.39, 0.29) is 11.8 Å². The van der Waals surface area contributed by atoms with Crippen molar-refractivity contribution in [1.29, 1.82) is 0 Å². The first-order valence-electron chi connectivity index (χ1n) is 12.6. The molecule has 0 spiro atoms. The van der Waals surface area contributed by atoms with Gasteiger partial charge in [0.1, 0.15) is 12.3 Å². The molecule has 4 fully saturated rings. The zero-order chi connectivity index (χ0) is 19.7. The molecule has 1 nitrogen and oxygen atoms in total. The second kappa shape index (κ2) is 9.31. The van der Waals surface area contributed by atoms with Crippen LogP contribution < -0.4 is 5.73 Å². The van der Waals surface area contributed by atoms with E-state index in [1.165, 1.54) is 51.4 Å². The largest absolute Gasteiger partial charge is 0.328 e. The summed E-state index contributed by atoms with van der Waals surface area (Å²) in [6, 6.07) is 0.420. The molecule has 4 atom stereocenters. The highest BCUT2D eigenvalue weighted by atomic mass is 19.2. The zero-order valence-corrected chi connectivity index (χ0v) is 18.0. The van der Waals surface area contributed by atoms with Crippen molar-refractivity contribution < 1.29 is 8.78 Å². The van der Waals surface area contributed by atoms with Crippen LogP contribution in [0.15, 0.2) is 0 Å². The number of halogens is 2. The Morgan fingerprint density at radius 3 is 1.32 bits per heavy atom. The summed E-state index contributed by atoms with van der Waals surface area (Å²) in [5, 5.41) is 0. The van der Waals surface area contributed by atoms with Gasteiger partial charge in [0.05, 0.1) is 0 Å². The summed E-state index contributed by atoms with van der Waals surface area (Å²) in [5.74, 6) is 3.32. The molecule has 0 aromatic carbocycles. The van der Waals surface area contributed by atoms with Crippen molar-refractivity contribution in [2.24, 2.45) is 47.2 Å². The van der Waals surface area contributed by atoms with Crippen molar-refractivity contribution in [2.75, 3.05) is 0 Å². The van der Waals surface area contributed by atoms with Crippen LogP contribution in [0, 0.1) is 41.4 Å². The minimum atomic E-state index is -1.20. The number of rotatable bonds is 3. The van der Waals surface area contributed by atoms with Gasteiger partial charge in [0.15, 0.2) is 0 Å². The third-order valence-corrected chi connectivity index (χ3v) is 9.53. The first-order chi connectivity index (χ1) is 13.5. The molecule has 0 aromatic rings. The fraction of sp³-hybridized carbons (Fsp3) is 1.00. The predicted molar refractivity (Wildman–Crippen MR) is 113 cm³/mol. The Balaban J connectivity index is 1.27. The molecule has 4 aliphatic rings. The van der Waals surface area contributed by atoms with E-state index in [0.29, 0.717) is 17.9 Å². The molecule has 162 valence electrons. The predicted octanol–water partition coefficient (Wildman–Crippen LogP) is 6.84. The van der Waals surface area contributed by atoms with E-state index < -0.39 is 12.3 Å². The van der Waals surface area contributed by atoms with Gasteiger partial charge in [-0.05, 0) is 118 Å². The van der Waals surface area contributed by atoms with Crippen molar-refractivity contribution in [1.82, 2.24) is 0 Å². The van der Waals surface area contributed by atoms with Gasteiger partial charge < -0.3 is 5.73 Å². The zero-order valence-electron chi connectivity index (χ0n) is 18.0. The quantitative estimate of drug-likeness (QED) is 0.556. The van der Waals surface area contributed by atoms with Crippen molar-refractivity contribution in [2.45, 2.75) is 115 Å². The molecule has 4 aliphatic carbocycles. The lowest BCUT2D eigenvalue weighted by Crippen LogP contribution is -2.45. The van der Waals surface area contributed by atoms with Crippen molar-refractivity contribution in [3.05, 3.63) is 0 Å². The molecular weight excluding hydrogens is 352 g/mol. The molecule has 4 unspecified atom stereocenters. The highest BCUT2D eigenvalue weighted by Gasteiger charge is 2.46. The molecule has 0 aromatic heterocycles. The maximum absolute atomic E-state index is 15.2. The molecule has 4 saturated carbocycles. The maximum atomic E-state index is 15.2. The fourth-order valence-corrected chi connectivity index (χ4v) is 7.54. The van der Waals surface area contributed by atoms with Crippen molar-refractivity contribution in [3.63, 3.8) is 0 Å². The van der Waals surface area contributed by atoms with Crippen LogP contribution in [0.25, 0.3) is 0 Å². The molecule has 0 aliphatic heterocycles. The Hall–Kier alpha value is -0.180. The van der Waals surface area contributed by atoms with Crippen molar-refractivity contribution in [3.8, 4) is 0 Å². The van der Waals surface area contributed by atoms with Gasteiger partial charge in [-0.3, -0.25) is 0 Å². The highest BCUT2D eigenvalue weighted by molar-refractivity contribution is 4.95. The summed E-state index contributed by atoms with van der Waals surface area (Å²) >= 11 is 0. The molecule has 28 heavy (non-hydrogen) atoms. The third-order valence-electron chi connectivity index (χ3n) is 9.53. The fourth-order valence-electron chi connectivity index (χ4n) is 7.54. The monoisotopic (exact) mass is 395 g/mol. The number of alkyl halides is 2. The van der Waals surface area contributed by atoms with Gasteiger partial charge in [-0.25, -0.2) is 8.78 Å². The summed E-state index contributed by atoms with van der Waals surface area (Å²) < 4.78 is 30.4. The SMILES string of the molecule is CC1CCC(C2CCC(C3CCC(C4CCC(N)CC4)CC3)C(F)C2F)CC1. The van der Waals surface area contributed by atoms with Crippen LogP contribution in [0.4, 0.5) is 8.78 Å². The lowest BCUT2D eigenvalue weighted by molar-refractivity contribution is -0.0382. The van der Waals surface area contributed by atoms with Crippen LogP contribution in [0.1, 0.15) is 96.8 Å². The Bertz CT molecular complexity index is 473. The molecule has 0 saturated heterocycles. The number of hydrogen-bond acceptors (Lipinski definition) is 1. The topological polar surface area (TPSA) is 26.0 Å². The summed E-state index contributed by atoms with van der Waals surface area (Å²) in [6.07, 6.45) is 13.9. The van der Waals surface area contributed by atoms with Gasteiger partial charge in [-0.15, -0.1) is 0 Å². The second-order valence-corrected chi connectivity index (χ2v) is 11.2. The third kappa shape index (κ3) is 4.60. The van der Waals surface area contributed by atoms with E-state index in [4.69, 9.17) is 5.73 Å². The van der Waals surface area contributed by atoms with E-state index in [1.807, 2.05) is 0 Å². The average Bonchev–Trinajstić information content (AvgIpc) is 2.72. The highest BCUT2D eigenvalue weighted by Crippen LogP contribution is 2.49. The minimum absolute atomic E-state index is 0.00142. The molecule has 3 heteroatoms. The molecule has 0 heterocycles. The van der Waals surface area contributed by atoms with E-state index in [0.717, 1.165) is 56.3 Å². The van der Waals surface area contributed by atoms with Crippen LogP contribution in [0.2, 0.25) is 0 Å². The normalized spacial score (nSPS) is 51.0. The van der Waals surface area contributed by atoms with Gasteiger partial charge in [0.25, 0.3) is 0 Å². The van der Waals surface area contributed by atoms with E-state index >= 15 is 8.78 Å². The Morgan fingerprint density at radius 2 is 0.857 bits per heavy atom. The first kappa shape index (κ1) is 21.1. The lowest BCUT2D eigenvalue weighted by atomic mass is 9.62. The summed E-state index contributed by atoms with van der Waals surface area (Å²) in [7, 11) is 0. The first-order valence-corrected chi connectivity index (χ1v) is 12.6. The Morgan fingerprint density at radius 1 is 0.500 bits per heavy atom. The van der Waals surface area contributed by atoms with Gasteiger partial charge in [-0.1, -0.05) is 19.8 Å². The summed E-state index contributed by atoms with van der Waals surface area (Å²) in [5.41, 5.74) is 6.07. The molecule has 0 amide bonds. The van der Waals surface area contributed by atoms with Gasteiger partial charge in [-0.2, -0.15) is 0 Å². The molecule has 2 N–H and O–H groups in total. The number of hydrogen-bond donors (Lipinski definition) is 1. The van der Waals surface area contributed by atoms with Gasteiger partial charge in [0.2, 0.25) is 0 Å². The smallest absolute Gasteiger partial charge is 0.134 e. The second-order valence-electron chi connectivity index (χ2n) is 11.2. The molecule has 0 bridgehead atoms. The minimum Gasteiger partial charge on any atom is -0.328 e. The Labute approximate surface area is 171 Å². The lowest BCUT2D eigenvalue weighted by Gasteiger charge is -2.45. The summed E-state index contributed by atoms with van der Waals surface area (Å²) in [6.45, 7) is 2.30.